The second-order valence-corrected chi connectivity index (χ2v) is 2.74. The Morgan fingerprint density at radius 1 is 1.54 bits per heavy atom. The summed E-state index contributed by atoms with van der Waals surface area (Å²) in [6, 6.07) is 0.586. The van der Waals surface area contributed by atoms with E-state index in [4.69, 9.17) is 10.5 Å². The van der Waals surface area contributed by atoms with Gasteiger partial charge in [0.1, 0.15) is 0 Å². The highest BCUT2D eigenvalue weighted by atomic mass is 16.5. The van der Waals surface area contributed by atoms with E-state index in [1.807, 2.05) is 6.92 Å². The Kier molecular flexibility index (Phi) is 3.45. The van der Waals surface area contributed by atoms with Crippen molar-refractivity contribution in [1.29, 1.82) is 0 Å². The van der Waals surface area contributed by atoms with E-state index in [1.54, 1.807) is 12.4 Å². The number of anilines is 1. The van der Waals surface area contributed by atoms with Crippen molar-refractivity contribution in [3.63, 3.8) is 0 Å². The topological polar surface area (TPSA) is 73.1 Å². The molecule has 0 spiro atoms. The number of hydrogen-bond acceptors (Lipinski definition) is 5. The Hall–Kier alpha value is -1.36. The third kappa shape index (κ3) is 2.87. The van der Waals surface area contributed by atoms with Crippen LogP contribution in [0.3, 0.4) is 0 Å². The van der Waals surface area contributed by atoms with Crippen LogP contribution in [-0.2, 0) is 0 Å². The first-order valence-corrected chi connectivity index (χ1v) is 4.09. The van der Waals surface area contributed by atoms with Crippen LogP contribution >= 0.6 is 0 Å². The van der Waals surface area contributed by atoms with E-state index in [9.17, 15) is 0 Å². The normalized spacial score (nSPS) is 12.2. The third-order valence-corrected chi connectivity index (χ3v) is 1.58. The SMILES string of the molecule is COc1ncc(NC(C)CN)cn1. The van der Waals surface area contributed by atoms with Gasteiger partial charge in [0.05, 0.1) is 25.2 Å². The molecule has 0 fully saturated rings. The molecule has 3 N–H and O–H groups in total. The summed E-state index contributed by atoms with van der Waals surface area (Å²) in [5.41, 5.74) is 6.29. The van der Waals surface area contributed by atoms with E-state index in [1.165, 1.54) is 7.11 Å². The van der Waals surface area contributed by atoms with Crippen molar-refractivity contribution in [2.45, 2.75) is 13.0 Å². The zero-order valence-electron chi connectivity index (χ0n) is 7.82. The van der Waals surface area contributed by atoms with Gasteiger partial charge in [-0.15, -0.1) is 0 Å². The Morgan fingerprint density at radius 2 is 2.15 bits per heavy atom. The van der Waals surface area contributed by atoms with Gasteiger partial charge >= 0.3 is 6.01 Å². The van der Waals surface area contributed by atoms with Crippen LogP contribution in [0.2, 0.25) is 0 Å². The minimum atomic E-state index is 0.219. The van der Waals surface area contributed by atoms with Crippen molar-refractivity contribution in [3.05, 3.63) is 12.4 Å². The lowest BCUT2D eigenvalue weighted by Gasteiger charge is -2.11. The van der Waals surface area contributed by atoms with Crippen molar-refractivity contribution in [3.8, 4) is 6.01 Å². The summed E-state index contributed by atoms with van der Waals surface area (Å²) in [7, 11) is 1.53. The van der Waals surface area contributed by atoms with Crippen molar-refractivity contribution in [2.24, 2.45) is 5.73 Å². The molecule has 1 unspecified atom stereocenters. The summed E-state index contributed by atoms with van der Waals surface area (Å²) in [4.78, 5) is 7.90. The molecule has 0 saturated carbocycles. The van der Waals surface area contributed by atoms with Crippen molar-refractivity contribution in [2.75, 3.05) is 19.0 Å². The monoisotopic (exact) mass is 182 g/mol. The average Bonchev–Trinajstić information content (AvgIpc) is 2.19. The number of nitrogens with two attached hydrogens (primary N) is 1. The molecule has 1 aromatic rings. The molecule has 0 saturated heterocycles. The lowest BCUT2D eigenvalue weighted by atomic mass is 10.3. The van der Waals surface area contributed by atoms with Gasteiger partial charge in [0.2, 0.25) is 0 Å². The highest BCUT2D eigenvalue weighted by Crippen LogP contribution is 2.07. The largest absolute Gasteiger partial charge is 0.467 e. The molecule has 0 amide bonds. The highest BCUT2D eigenvalue weighted by molar-refractivity contribution is 5.39. The molecule has 0 radical (unpaired) electrons. The molecule has 0 bridgehead atoms. The minimum Gasteiger partial charge on any atom is -0.467 e. The minimum absolute atomic E-state index is 0.219. The van der Waals surface area contributed by atoms with Gasteiger partial charge in [-0.25, -0.2) is 9.97 Å². The van der Waals surface area contributed by atoms with Gasteiger partial charge in [-0.2, -0.15) is 0 Å². The van der Waals surface area contributed by atoms with E-state index in [0.29, 0.717) is 12.6 Å². The van der Waals surface area contributed by atoms with E-state index in [2.05, 4.69) is 15.3 Å². The molecule has 1 heterocycles. The second kappa shape index (κ2) is 4.61. The summed E-state index contributed by atoms with van der Waals surface area (Å²) >= 11 is 0. The van der Waals surface area contributed by atoms with E-state index in [-0.39, 0.29) is 6.04 Å². The zero-order chi connectivity index (χ0) is 9.68. The molecular formula is C8H14N4O. The van der Waals surface area contributed by atoms with E-state index in [0.717, 1.165) is 5.69 Å². The third-order valence-electron chi connectivity index (χ3n) is 1.58. The van der Waals surface area contributed by atoms with Crippen LogP contribution in [0.25, 0.3) is 0 Å². The fraction of sp³-hybridized carbons (Fsp3) is 0.500. The number of aromatic nitrogens is 2. The predicted octanol–water partition coefficient (Wildman–Crippen LogP) is 0.244. The van der Waals surface area contributed by atoms with Gasteiger partial charge in [0, 0.05) is 12.6 Å². The van der Waals surface area contributed by atoms with Crippen LogP contribution in [0, 0.1) is 0 Å². The maximum absolute atomic E-state index is 5.45. The maximum atomic E-state index is 5.45. The Balaban J connectivity index is 2.58. The van der Waals surface area contributed by atoms with Crippen LogP contribution in [0.15, 0.2) is 12.4 Å². The average molecular weight is 182 g/mol. The molecule has 5 nitrogen and oxygen atoms in total. The first kappa shape index (κ1) is 9.73. The van der Waals surface area contributed by atoms with Crippen molar-refractivity contribution >= 4 is 5.69 Å². The van der Waals surface area contributed by atoms with Gasteiger partial charge in [-0.3, -0.25) is 0 Å². The summed E-state index contributed by atoms with van der Waals surface area (Å²) in [6.45, 7) is 2.57. The molecule has 1 aromatic heterocycles. The Bertz CT molecular complexity index is 249. The fourth-order valence-corrected chi connectivity index (χ4v) is 0.840. The standard InChI is InChI=1S/C8H14N4O/c1-6(3-9)12-7-4-10-8(13-2)11-5-7/h4-6,12H,3,9H2,1-2H3. The molecule has 0 aliphatic heterocycles. The van der Waals surface area contributed by atoms with Gasteiger partial charge in [-0.05, 0) is 6.92 Å². The molecule has 1 atom stereocenters. The summed E-state index contributed by atoms with van der Waals surface area (Å²) in [6.07, 6.45) is 3.33. The summed E-state index contributed by atoms with van der Waals surface area (Å²) < 4.78 is 4.83. The molecular weight excluding hydrogens is 168 g/mol. The van der Waals surface area contributed by atoms with Crippen molar-refractivity contribution in [1.82, 2.24) is 9.97 Å². The van der Waals surface area contributed by atoms with E-state index < -0.39 is 0 Å². The number of hydrogen-bond donors (Lipinski definition) is 2. The molecule has 13 heavy (non-hydrogen) atoms. The van der Waals surface area contributed by atoms with Gasteiger partial charge in [0.15, 0.2) is 0 Å². The molecule has 0 aromatic carbocycles. The summed E-state index contributed by atoms with van der Waals surface area (Å²) in [5, 5.41) is 3.14. The lowest BCUT2D eigenvalue weighted by molar-refractivity contribution is 0.380. The van der Waals surface area contributed by atoms with Crippen molar-refractivity contribution < 1.29 is 4.74 Å². The Labute approximate surface area is 77.3 Å². The second-order valence-electron chi connectivity index (χ2n) is 2.74. The van der Waals surface area contributed by atoms with Gasteiger partial charge in [0.25, 0.3) is 0 Å². The van der Waals surface area contributed by atoms with Crippen LogP contribution in [0.4, 0.5) is 5.69 Å². The highest BCUT2D eigenvalue weighted by Gasteiger charge is 2.00. The molecule has 0 aliphatic rings. The van der Waals surface area contributed by atoms with E-state index >= 15 is 0 Å². The molecule has 1 rings (SSSR count). The number of nitrogens with zero attached hydrogens (tertiary/aromatic N) is 2. The van der Waals surface area contributed by atoms with Crippen LogP contribution in [0.1, 0.15) is 6.92 Å². The zero-order valence-corrected chi connectivity index (χ0v) is 7.82. The number of rotatable bonds is 4. The quantitative estimate of drug-likeness (QED) is 0.698. The molecule has 0 aliphatic carbocycles. The first-order chi connectivity index (χ1) is 6.26. The predicted molar refractivity (Wildman–Crippen MR) is 50.7 cm³/mol. The first-order valence-electron chi connectivity index (χ1n) is 4.09. The lowest BCUT2D eigenvalue weighted by Crippen LogP contribution is -2.25. The molecule has 5 heteroatoms. The van der Waals surface area contributed by atoms with Crippen LogP contribution in [0.5, 0.6) is 6.01 Å². The summed E-state index contributed by atoms with van der Waals surface area (Å²) in [5.74, 6) is 0. The fourth-order valence-electron chi connectivity index (χ4n) is 0.840. The maximum Gasteiger partial charge on any atom is 0.316 e. The number of ether oxygens (including phenoxy) is 1. The van der Waals surface area contributed by atoms with Crippen LogP contribution < -0.4 is 15.8 Å². The number of methoxy groups -OCH3 is 1. The van der Waals surface area contributed by atoms with Crippen LogP contribution in [-0.4, -0.2) is 29.7 Å². The number of nitrogens with one attached hydrogen (secondary N) is 1. The Morgan fingerprint density at radius 3 is 2.62 bits per heavy atom. The van der Waals surface area contributed by atoms with Gasteiger partial charge < -0.3 is 15.8 Å². The van der Waals surface area contributed by atoms with Gasteiger partial charge in [-0.1, -0.05) is 0 Å². The molecule has 72 valence electrons. The smallest absolute Gasteiger partial charge is 0.316 e.